The van der Waals surface area contributed by atoms with Gasteiger partial charge in [-0.15, -0.1) is 11.3 Å². The van der Waals surface area contributed by atoms with Crippen molar-refractivity contribution in [2.24, 2.45) is 0 Å². The molecule has 0 amide bonds. The van der Waals surface area contributed by atoms with Crippen LogP contribution >= 0.6 is 38.9 Å². The van der Waals surface area contributed by atoms with Crippen LogP contribution in [0.15, 0.2) is 28.1 Å². The number of carbonyl (C=O) groups excluding carboxylic acids is 1. The molecule has 0 fully saturated rings. The van der Waals surface area contributed by atoms with Crippen molar-refractivity contribution in [3.8, 4) is 0 Å². The first-order valence-electron chi connectivity index (χ1n) is 4.84. The predicted molar refractivity (Wildman–Crippen MR) is 76.1 cm³/mol. The first-order valence-corrected chi connectivity index (χ1v) is 6.83. The highest BCUT2D eigenvalue weighted by Crippen LogP contribution is 2.33. The number of benzene rings is 1. The lowest BCUT2D eigenvalue weighted by Crippen LogP contribution is -2.02. The van der Waals surface area contributed by atoms with E-state index < -0.39 is 0 Å². The van der Waals surface area contributed by atoms with E-state index in [-0.39, 0.29) is 5.78 Å². The first-order chi connectivity index (χ1) is 7.99. The average Bonchev–Trinajstić information content (AvgIpc) is 2.58. The SMILES string of the molecule is Cc1cc(N)ccc1C(=O)c1cc(Cl)c(Br)s1. The van der Waals surface area contributed by atoms with Gasteiger partial charge < -0.3 is 5.73 Å². The molecule has 0 aliphatic rings. The van der Waals surface area contributed by atoms with E-state index in [0.717, 1.165) is 9.35 Å². The monoisotopic (exact) mass is 329 g/mol. The molecule has 2 aromatic rings. The quantitative estimate of drug-likeness (QED) is 0.659. The summed E-state index contributed by atoms with van der Waals surface area (Å²) in [6, 6.07) is 6.94. The maximum absolute atomic E-state index is 12.2. The molecule has 1 aromatic carbocycles. The van der Waals surface area contributed by atoms with Gasteiger partial charge >= 0.3 is 0 Å². The smallest absolute Gasteiger partial charge is 0.203 e. The summed E-state index contributed by atoms with van der Waals surface area (Å²) in [6.07, 6.45) is 0. The van der Waals surface area contributed by atoms with Gasteiger partial charge in [-0.2, -0.15) is 0 Å². The van der Waals surface area contributed by atoms with Crippen molar-refractivity contribution in [2.75, 3.05) is 5.73 Å². The molecule has 2 nitrogen and oxygen atoms in total. The maximum Gasteiger partial charge on any atom is 0.203 e. The maximum atomic E-state index is 12.2. The highest BCUT2D eigenvalue weighted by atomic mass is 79.9. The first kappa shape index (κ1) is 12.6. The van der Waals surface area contributed by atoms with Gasteiger partial charge in [0.1, 0.15) is 0 Å². The lowest BCUT2D eigenvalue weighted by molar-refractivity contribution is 0.104. The molecule has 2 rings (SSSR count). The number of halogens is 2. The number of ketones is 1. The molecule has 0 unspecified atom stereocenters. The predicted octanol–water partition coefficient (Wildman–Crippen LogP) is 4.29. The molecule has 0 aliphatic heterocycles. The van der Waals surface area contributed by atoms with Gasteiger partial charge in [0.05, 0.1) is 13.7 Å². The molecule has 17 heavy (non-hydrogen) atoms. The number of rotatable bonds is 2. The molecule has 1 aromatic heterocycles. The van der Waals surface area contributed by atoms with Crippen LogP contribution in [0.2, 0.25) is 5.02 Å². The average molecular weight is 331 g/mol. The standard InChI is InChI=1S/C12H9BrClNOS/c1-6-4-7(15)2-3-8(6)11(16)10-5-9(14)12(13)17-10/h2-5H,15H2,1H3. The summed E-state index contributed by atoms with van der Waals surface area (Å²) in [4.78, 5) is 12.9. The van der Waals surface area contributed by atoms with Crippen molar-refractivity contribution in [3.05, 3.63) is 49.1 Å². The molecule has 0 saturated heterocycles. The fraction of sp³-hybridized carbons (Fsp3) is 0.0833. The highest BCUT2D eigenvalue weighted by Gasteiger charge is 2.16. The molecule has 5 heteroatoms. The van der Waals surface area contributed by atoms with E-state index in [2.05, 4.69) is 15.9 Å². The number of nitrogens with two attached hydrogens (primary N) is 1. The van der Waals surface area contributed by atoms with Gasteiger partial charge in [-0.25, -0.2) is 0 Å². The van der Waals surface area contributed by atoms with Crippen molar-refractivity contribution < 1.29 is 4.79 Å². The van der Waals surface area contributed by atoms with Crippen LogP contribution in [0.5, 0.6) is 0 Å². The summed E-state index contributed by atoms with van der Waals surface area (Å²) in [5.74, 6) is -0.0277. The summed E-state index contributed by atoms with van der Waals surface area (Å²) in [5.41, 5.74) is 7.84. The Labute approximate surface area is 117 Å². The number of thiophene rings is 1. The molecule has 0 bridgehead atoms. The Morgan fingerprint density at radius 2 is 2.12 bits per heavy atom. The zero-order chi connectivity index (χ0) is 12.6. The van der Waals surface area contributed by atoms with Gasteiger partial charge in [0.25, 0.3) is 0 Å². The molecule has 88 valence electrons. The second-order valence-corrected chi connectivity index (χ2v) is 6.41. The van der Waals surface area contributed by atoms with E-state index in [1.807, 2.05) is 6.92 Å². The van der Waals surface area contributed by atoms with E-state index in [1.54, 1.807) is 24.3 Å². The second kappa shape index (κ2) is 4.80. The van der Waals surface area contributed by atoms with Crippen molar-refractivity contribution in [3.63, 3.8) is 0 Å². The van der Waals surface area contributed by atoms with Crippen LogP contribution < -0.4 is 5.73 Å². The minimum atomic E-state index is -0.0277. The summed E-state index contributed by atoms with van der Waals surface area (Å²) < 4.78 is 0.774. The molecule has 1 heterocycles. The Morgan fingerprint density at radius 3 is 2.65 bits per heavy atom. The van der Waals surface area contributed by atoms with Gasteiger partial charge in [-0.3, -0.25) is 4.79 Å². The van der Waals surface area contributed by atoms with Gasteiger partial charge in [-0.1, -0.05) is 11.6 Å². The number of hydrogen-bond donors (Lipinski definition) is 1. The normalized spacial score (nSPS) is 10.5. The van der Waals surface area contributed by atoms with Gasteiger partial charge in [0.2, 0.25) is 5.78 Å². The van der Waals surface area contributed by atoms with Crippen LogP contribution in [-0.4, -0.2) is 5.78 Å². The number of hydrogen-bond acceptors (Lipinski definition) is 3. The van der Waals surface area contributed by atoms with E-state index in [4.69, 9.17) is 17.3 Å². The molecule has 0 atom stereocenters. The van der Waals surface area contributed by atoms with Crippen LogP contribution in [0.1, 0.15) is 20.8 Å². The Morgan fingerprint density at radius 1 is 1.41 bits per heavy atom. The van der Waals surface area contributed by atoms with Crippen LogP contribution in [0.4, 0.5) is 5.69 Å². The van der Waals surface area contributed by atoms with Crippen molar-refractivity contribution in [2.45, 2.75) is 6.92 Å². The lowest BCUT2D eigenvalue weighted by atomic mass is 10.0. The Bertz CT molecular complexity index is 575. The molecule has 0 radical (unpaired) electrons. The summed E-state index contributed by atoms with van der Waals surface area (Å²) in [5, 5.41) is 0.562. The summed E-state index contributed by atoms with van der Waals surface area (Å²) in [6.45, 7) is 1.87. The summed E-state index contributed by atoms with van der Waals surface area (Å²) >= 11 is 10.6. The van der Waals surface area contributed by atoms with E-state index >= 15 is 0 Å². The minimum absolute atomic E-state index is 0.0277. The molecule has 0 spiro atoms. The van der Waals surface area contributed by atoms with Crippen molar-refractivity contribution >= 4 is 50.3 Å². The van der Waals surface area contributed by atoms with Crippen LogP contribution in [0.3, 0.4) is 0 Å². The molecule has 0 saturated carbocycles. The van der Waals surface area contributed by atoms with Gasteiger partial charge in [0, 0.05) is 11.3 Å². The van der Waals surface area contributed by atoms with Crippen LogP contribution in [0, 0.1) is 6.92 Å². The third-order valence-corrected chi connectivity index (χ3v) is 4.84. The molecule has 2 N–H and O–H groups in total. The van der Waals surface area contributed by atoms with E-state index in [9.17, 15) is 4.79 Å². The number of carbonyl (C=O) groups is 1. The zero-order valence-electron chi connectivity index (χ0n) is 8.96. The zero-order valence-corrected chi connectivity index (χ0v) is 12.1. The van der Waals surface area contributed by atoms with Crippen molar-refractivity contribution in [1.29, 1.82) is 0 Å². The third-order valence-electron chi connectivity index (χ3n) is 2.36. The Balaban J connectivity index is 2.43. The topological polar surface area (TPSA) is 43.1 Å². The van der Waals surface area contributed by atoms with Crippen LogP contribution in [-0.2, 0) is 0 Å². The Hall–Kier alpha value is -0.840. The third kappa shape index (κ3) is 2.54. The molecular weight excluding hydrogens is 322 g/mol. The summed E-state index contributed by atoms with van der Waals surface area (Å²) in [7, 11) is 0. The number of nitrogen functional groups attached to an aromatic ring is 1. The largest absolute Gasteiger partial charge is 0.399 e. The second-order valence-electron chi connectivity index (χ2n) is 3.64. The Kier molecular flexibility index (Phi) is 3.56. The van der Waals surface area contributed by atoms with Crippen LogP contribution in [0.25, 0.3) is 0 Å². The minimum Gasteiger partial charge on any atom is -0.399 e. The van der Waals surface area contributed by atoms with E-state index in [1.165, 1.54) is 11.3 Å². The fourth-order valence-corrected chi connectivity index (χ4v) is 3.19. The number of anilines is 1. The van der Waals surface area contributed by atoms with Gasteiger partial charge in [0.15, 0.2) is 0 Å². The highest BCUT2D eigenvalue weighted by molar-refractivity contribution is 9.11. The van der Waals surface area contributed by atoms with E-state index in [0.29, 0.717) is 21.2 Å². The van der Waals surface area contributed by atoms with Crippen molar-refractivity contribution in [1.82, 2.24) is 0 Å². The molecular formula is C12H9BrClNOS. The fourth-order valence-electron chi connectivity index (χ4n) is 1.53. The molecule has 0 aliphatic carbocycles. The van der Waals surface area contributed by atoms with Gasteiger partial charge in [-0.05, 0) is 52.7 Å². The number of aryl methyl sites for hydroxylation is 1. The lowest BCUT2D eigenvalue weighted by Gasteiger charge is -2.03.